The van der Waals surface area contributed by atoms with Crippen LogP contribution in [-0.4, -0.2) is 13.1 Å². The third-order valence-corrected chi connectivity index (χ3v) is 3.76. The highest BCUT2D eigenvalue weighted by Gasteiger charge is 2.34. The molecule has 0 aliphatic carbocycles. The molecule has 4 heteroatoms. The molecule has 0 aromatic carbocycles. The minimum Gasteiger partial charge on any atom is -0.313 e. The zero-order valence-corrected chi connectivity index (χ0v) is 8.72. The molecule has 1 N–H and O–H groups in total. The molecule has 72 valence electrons. The normalized spacial score (nSPS) is 29.1. The summed E-state index contributed by atoms with van der Waals surface area (Å²) in [5.74, 6) is 0. The smallest absolute Gasteiger partial charge is 0.157 e. The summed E-state index contributed by atoms with van der Waals surface area (Å²) in [7, 11) is 0. The van der Waals surface area contributed by atoms with Crippen molar-refractivity contribution in [3.8, 4) is 0 Å². The lowest BCUT2D eigenvalue weighted by Crippen LogP contribution is -2.39. The number of thiophene rings is 1. The molecule has 1 nitrogen and oxygen atoms in total. The van der Waals surface area contributed by atoms with Crippen molar-refractivity contribution in [1.29, 1.82) is 0 Å². The van der Waals surface area contributed by atoms with Crippen LogP contribution in [0.25, 0.3) is 0 Å². The molecule has 0 saturated carbocycles. The van der Waals surface area contributed by atoms with Crippen molar-refractivity contribution >= 4 is 22.9 Å². The number of piperidine rings is 1. The van der Waals surface area contributed by atoms with E-state index in [4.69, 9.17) is 11.6 Å². The van der Waals surface area contributed by atoms with E-state index in [2.05, 4.69) is 5.32 Å². The van der Waals surface area contributed by atoms with Gasteiger partial charge in [-0.2, -0.15) is 0 Å². The van der Waals surface area contributed by atoms with E-state index in [1.807, 2.05) is 0 Å². The molecule has 13 heavy (non-hydrogen) atoms. The summed E-state index contributed by atoms with van der Waals surface area (Å²) in [5.41, 5.74) is -1.18. The van der Waals surface area contributed by atoms with Crippen LogP contribution in [0.3, 0.4) is 0 Å². The van der Waals surface area contributed by atoms with E-state index in [1.165, 1.54) is 11.3 Å². The number of halogens is 2. The van der Waals surface area contributed by atoms with Crippen molar-refractivity contribution in [2.45, 2.75) is 18.5 Å². The first-order valence-electron chi connectivity index (χ1n) is 4.36. The largest absolute Gasteiger partial charge is 0.313 e. The zero-order valence-electron chi connectivity index (χ0n) is 7.15. The number of alkyl halides is 1. The van der Waals surface area contributed by atoms with Crippen molar-refractivity contribution < 1.29 is 4.39 Å². The van der Waals surface area contributed by atoms with Crippen LogP contribution in [0.1, 0.15) is 17.7 Å². The number of rotatable bonds is 1. The van der Waals surface area contributed by atoms with Crippen LogP contribution in [0.4, 0.5) is 4.39 Å². The predicted octanol–water partition coefficient (Wildman–Crippen LogP) is 2.95. The maximum Gasteiger partial charge on any atom is 0.157 e. The van der Waals surface area contributed by atoms with Gasteiger partial charge in [-0.15, -0.1) is 11.3 Å². The highest BCUT2D eigenvalue weighted by Crippen LogP contribution is 2.38. The van der Waals surface area contributed by atoms with Crippen LogP contribution in [0.15, 0.2) is 12.1 Å². The second kappa shape index (κ2) is 3.56. The Morgan fingerprint density at radius 2 is 2.38 bits per heavy atom. The van der Waals surface area contributed by atoms with E-state index in [1.54, 1.807) is 12.1 Å². The summed E-state index contributed by atoms with van der Waals surface area (Å²) in [6.45, 7) is 1.34. The minimum absolute atomic E-state index is 0.420. The Labute approximate surface area is 85.9 Å². The number of hydrogen-bond acceptors (Lipinski definition) is 2. The Kier molecular flexibility index (Phi) is 2.58. The molecule has 1 aliphatic heterocycles. The molecular weight excluding hydrogens is 209 g/mol. The van der Waals surface area contributed by atoms with Gasteiger partial charge >= 0.3 is 0 Å². The monoisotopic (exact) mass is 219 g/mol. The fourth-order valence-electron chi connectivity index (χ4n) is 1.63. The van der Waals surface area contributed by atoms with Gasteiger partial charge in [0.05, 0.1) is 4.34 Å². The molecule has 2 heterocycles. The summed E-state index contributed by atoms with van der Waals surface area (Å²) in [6, 6.07) is 3.55. The Balaban J connectivity index is 2.22. The molecule has 0 amide bonds. The quantitative estimate of drug-likeness (QED) is 0.766. The van der Waals surface area contributed by atoms with Crippen LogP contribution in [0.2, 0.25) is 4.34 Å². The van der Waals surface area contributed by atoms with Crippen LogP contribution in [0.5, 0.6) is 0 Å². The lowest BCUT2D eigenvalue weighted by molar-refractivity contribution is 0.126. The van der Waals surface area contributed by atoms with Gasteiger partial charge in [0.25, 0.3) is 0 Å². The maximum atomic E-state index is 14.2. The first kappa shape index (κ1) is 9.44. The Morgan fingerprint density at radius 1 is 1.54 bits per heavy atom. The summed E-state index contributed by atoms with van der Waals surface area (Å²) >= 11 is 7.12. The number of nitrogens with one attached hydrogen (secondary N) is 1. The van der Waals surface area contributed by atoms with Crippen LogP contribution in [0, 0.1) is 0 Å². The molecule has 1 saturated heterocycles. The minimum atomic E-state index is -1.18. The lowest BCUT2D eigenvalue weighted by Gasteiger charge is -2.28. The van der Waals surface area contributed by atoms with E-state index in [0.717, 1.165) is 17.8 Å². The highest BCUT2D eigenvalue weighted by molar-refractivity contribution is 7.16. The molecule has 0 bridgehead atoms. The summed E-state index contributed by atoms with van der Waals surface area (Å²) < 4.78 is 14.9. The third-order valence-electron chi connectivity index (χ3n) is 2.35. The lowest BCUT2D eigenvalue weighted by atomic mass is 9.95. The molecule has 0 spiro atoms. The van der Waals surface area contributed by atoms with Crippen LogP contribution < -0.4 is 5.32 Å². The van der Waals surface area contributed by atoms with Gasteiger partial charge in [-0.25, -0.2) is 4.39 Å². The molecule has 1 fully saturated rings. The first-order chi connectivity index (χ1) is 6.21. The van der Waals surface area contributed by atoms with Gasteiger partial charge in [0, 0.05) is 11.4 Å². The molecular formula is C9H11ClFNS. The average Bonchev–Trinajstić information content (AvgIpc) is 2.54. The number of hydrogen-bond donors (Lipinski definition) is 1. The van der Waals surface area contributed by atoms with Crippen molar-refractivity contribution in [3.63, 3.8) is 0 Å². The second-order valence-electron chi connectivity index (χ2n) is 3.35. The second-order valence-corrected chi connectivity index (χ2v) is 5.06. The summed E-state index contributed by atoms with van der Waals surface area (Å²) in [6.07, 6.45) is 1.50. The van der Waals surface area contributed by atoms with Gasteiger partial charge in [0.2, 0.25) is 0 Å². The summed E-state index contributed by atoms with van der Waals surface area (Å²) in [4.78, 5) is 0.754. The molecule has 1 aliphatic rings. The van der Waals surface area contributed by atoms with Crippen molar-refractivity contribution in [1.82, 2.24) is 5.32 Å². The fourth-order valence-corrected chi connectivity index (χ4v) is 2.79. The fraction of sp³-hybridized carbons (Fsp3) is 0.556. The van der Waals surface area contributed by atoms with Gasteiger partial charge in [0.15, 0.2) is 5.67 Å². The zero-order chi connectivity index (χ0) is 9.31. The standard InChI is InChI=1S/C9H11ClFNS/c10-8-3-2-7(13-8)9(11)4-1-5-12-6-9/h2-3,12H,1,4-6H2. The molecule has 1 atom stereocenters. The Bertz CT molecular complexity index is 294. The molecule has 1 aromatic heterocycles. The predicted molar refractivity (Wildman–Crippen MR) is 54.2 cm³/mol. The molecule has 1 aromatic rings. The molecule has 0 radical (unpaired) electrons. The average molecular weight is 220 g/mol. The van der Waals surface area contributed by atoms with E-state index in [9.17, 15) is 4.39 Å². The topological polar surface area (TPSA) is 12.0 Å². The van der Waals surface area contributed by atoms with Gasteiger partial charge in [-0.1, -0.05) is 11.6 Å². The van der Waals surface area contributed by atoms with Crippen molar-refractivity contribution in [2.75, 3.05) is 13.1 Å². The first-order valence-corrected chi connectivity index (χ1v) is 5.56. The van der Waals surface area contributed by atoms with E-state index >= 15 is 0 Å². The van der Waals surface area contributed by atoms with E-state index in [0.29, 0.717) is 17.3 Å². The SMILES string of the molecule is FC1(c2ccc(Cl)s2)CCCNC1. The third kappa shape index (κ3) is 1.87. The van der Waals surface area contributed by atoms with Crippen molar-refractivity contribution in [3.05, 3.63) is 21.3 Å². The highest BCUT2D eigenvalue weighted by atomic mass is 35.5. The molecule has 2 rings (SSSR count). The van der Waals surface area contributed by atoms with Gasteiger partial charge in [-0.05, 0) is 31.5 Å². The molecule has 1 unspecified atom stereocenters. The van der Waals surface area contributed by atoms with E-state index < -0.39 is 5.67 Å². The Hall–Kier alpha value is -0.120. The van der Waals surface area contributed by atoms with Crippen molar-refractivity contribution in [2.24, 2.45) is 0 Å². The Morgan fingerprint density at radius 3 is 2.92 bits per heavy atom. The van der Waals surface area contributed by atoms with Crippen LogP contribution >= 0.6 is 22.9 Å². The van der Waals surface area contributed by atoms with Crippen LogP contribution in [-0.2, 0) is 5.67 Å². The van der Waals surface area contributed by atoms with E-state index in [-0.39, 0.29) is 0 Å². The van der Waals surface area contributed by atoms with Gasteiger partial charge < -0.3 is 5.32 Å². The van der Waals surface area contributed by atoms with Gasteiger partial charge in [0.1, 0.15) is 0 Å². The summed E-state index contributed by atoms with van der Waals surface area (Å²) in [5, 5.41) is 3.07. The maximum absolute atomic E-state index is 14.2. The van der Waals surface area contributed by atoms with Gasteiger partial charge in [-0.3, -0.25) is 0 Å².